The predicted octanol–water partition coefficient (Wildman–Crippen LogP) is 12.2. The largest absolute Gasteiger partial charge is 0.462 e. The van der Waals surface area contributed by atoms with Crippen LogP contribution in [-0.2, 0) is 19.1 Å². The second-order valence-electron chi connectivity index (χ2n) is 21.6. The summed E-state index contributed by atoms with van der Waals surface area (Å²) in [4.78, 5) is 26.8. The molecule has 0 saturated heterocycles. The summed E-state index contributed by atoms with van der Waals surface area (Å²) in [6.45, 7) is 37.4. The van der Waals surface area contributed by atoms with Gasteiger partial charge in [-0.05, 0) is 109 Å². The molecule has 0 bridgehead atoms. The summed E-state index contributed by atoms with van der Waals surface area (Å²) in [5.41, 5.74) is 1.03. The zero-order valence-corrected chi connectivity index (χ0v) is 33.6. The second-order valence-corrected chi connectivity index (χ2v) is 21.6. The fourth-order valence-electron chi connectivity index (χ4n) is 11.2. The lowest BCUT2D eigenvalue weighted by atomic mass is 9.52. The standard InChI is InChI=1S/C42H78O4/c1-29(2)35-31(19-17-23-41(35,25-37(5,6)7)26-38(8,9)10)45-33(43)21-22-34(44)46-32-20-18-24-42(27-39(11,12)13,28-40(14,15)16)36(32)30(3)4/h29-32,35-36H,17-28H2,1-16H3. The summed E-state index contributed by atoms with van der Waals surface area (Å²) in [6.07, 6.45) is 10.9. The molecule has 0 radical (unpaired) electrons. The van der Waals surface area contributed by atoms with Crippen molar-refractivity contribution in [2.45, 2.75) is 200 Å². The van der Waals surface area contributed by atoms with E-state index in [2.05, 4.69) is 111 Å². The van der Waals surface area contributed by atoms with Crippen molar-refractivity contribution in [2.24, 2.45) is 56.2 Å². The molecule has 0 N–H and O–H groups in total. The molecule has 0 aliphatic heterocycles. The Hall–Kier alpha value is -1.06. The Kier molecular flexibility index (Phi) is 13.6. The monoisotopic (exact) mass is 647 g/mol. The van der Waals surface area contributed by atoms with E-state index < -0.39 is 0 Å². The molecule has 2 rings (SSSR count). The van der Waals surface area contributed by atoms with Crippen molar-refractivity contribution in [2.75, 3.05) is 0 Å². The van der Waals surface area contributed by atoms with E-state index in [4.69, 9.17) is 9.47 Å². The highest BCUT2D eigenvalue weighted by atomic mass is 16.6. The average molecular weight is 647 g/mol. The lowest BCUT2D eigenvalue weighted by molar-refractivity contribution is -0.172. The molecule has 0 aromatic heterocycles. The molecular weight excluding hydrogens is 568 g/mol. The van der Waals surface area contributed by atoms with Gasteiger partial charge in [0.05, 0.1) is 12.8 Å². The zero-order valence-electron chi connectivity index (χ0n) is 33.6. The smallest absolute Gasteiger partial charge is 0.306 e. The Morgan fingerprint density at radius 2 is 0.804 bits per heavy atom. The number of hydrogen-bond donors (Lipinski definition) is 0. The Bertz CT molecular complexity index is 865. The number of ether oxygens (including phenoxy) is 2. The highest BCUT2D eigenvalue weighted by Crippen LogP contribution is 2.58. The molecule has 0 aromatic rings. The van der Waals surface area contributed by atoms with Gasteiger partial charge in [0.25, 0.3) is 0 Å². The Balaban J connectivity index is 2.18. The third kappa shape index (κ3) is 12.4. The lowest BCUT2D eigenvalue weighted by Crippen LogP contribution is -2.50. The van der Waals surface area contributed by atoms with Crippen LogP contribution >= 0.6 is 0 Å². The first-order valence-electron chi connectivity index (χ1n) is 19.1. The maximum atomic E-state index is 13.4. The molecule has 4 atom stereocenters. The number of rotatable bonds is 11. The van der Waals surface area contributed by atoms with Gasteiger partial charge in [-0.25, -0.2) is 0 Å². The van der Waals surface area contributed by atoms with Crippen LogP contribution in [0.25, 0.3) is 0 Å². The molecule has 0 heterocycles. The number of hydrogen-bond acceptors (Lipinski definition) is 4. The van der Waals surface area contributed by atoms with Gasteiger partial charge in [-0.2, -0.15) is 0 Å². The van der Waals surface area contributed by atoms with E-state index in [1.165, 1.54) is 12.8 Å². The van der Waals surface area contributed by atoms with Crippen molar-refractivity contribution in [3.05, 3.63) is 0 Å². The molecular formula is C42H78O4. The maximum absolute atomic E-state index is 13.4. The minimum absolute atomic E-state index is 0.0963. The molecule has 4 nitrogen and oxygen atoms in total. The molecule has 2 fully saturated rings. The summed E-state index contributed by atoms with van der Waals surface area (Å²) in [5, 5.41) is 0. The molecule has 2 saturated carbocycles. The average Bonchev–Trinajstić information content (AvgIpc) is 2.77. The van der Waals surface area contributed by atoms with Gasteiger partial charge in [0, 0.05) is 11.8 Å². The van der Waals surface area contributed by atoms with Crippen molar-refractivity contribution in [3.63, 3.8) is 0 Å². The fourth-order valence-corrected chi connectivity index (χ4v) is 11.2. The first-order chi connectivity index (χ1) is 20.7. The van der Waals surface area contributed by atoms with Crippen molar-refractivity contribution in [1.82, 2.24) is 0 Å². The summed E-state index contributed by atoms with van der Waals surface area (Å²) < 4.78 is 12.7. The zero-order chi connectivity index (χ0) is 35.5. The summed E-state index contributed by atoms with van der Waals surface area (Å²) in [7, 11) is 0. The van der Waals surface area contributed by atoms with Crippen LogP contribution in [-0.4, -0.2) is 24.1 Å². The van der Waals surface area contributed by atoms with Crippen LogP contribution < -0.4 is 0 Å². The quantitative estimate of drug-likeness (QED) is 0.210. The van der Waals surface area contributed by atoms with Crippen LogP contribution in [0.2, 0.25) is 0 Å². The summed E-state index contributed by atoms with van der Waals surface area (Å²) in [6, 6.07) is 0. The first-order valence-corrected chi connectivity index (χ1v) is 19.1. The lowest BCUT2D eigenvalue weighted by Gasteiger charge is -2.54. The number of esters is 2. The van der Waals surface area contributed by atoms with E-state index in [0.29, 0.717) is 23.7 Å². The minimum atomic E-state index is -0.242. The molecule has 4 unspecified atom stereocenters. The van der Waals surface area contributed by atoms with Crippen LogP contribution in [0.15, 0.2) is 0 Å². The normalized spacial score (nSPS) is 25.9. The highest BCUT2D eigenvalue weighted by Gasteiger charge is 2.52. The van der Waals surface area contributed by atoms with Crippen LogP contribution in [0.4, 0.5) is 0 Å². The predicted molar refractivity (Wildman–Crippen MR) is 195 cm³/mol. The topological polar surface area (TPSA) is 52.6 Å². The Morgan fingerprint density at radius 3 is 1.02 bits per heavy atom. The molecule has 4 heteroatoms. The van der Waals surface area contributed by atoms with Gasteiger partial charge in [0.2, 0.25) is 0 Å². The van der Waals surface area contributed by atoms with Crippen molar-refractivity contribution >= 4 is 11.9 Å². The van der Waals surface area contributed by atoms with E-state index in [1.54, 1.807) is 0 Å². The minimum Gasteiger partial charge on any atom is -0.462 e. The van der Waals surface area contributed by atoms with Gasteiger partial charge in [0.1, 0.15) is 12.2 Å². The van der Waals surface area contributed by atoms with E-state index >= 15 is 0 Å². The van der Waals surface area contributed by atoms with Gasteiger partial charge < -0.3 is 9.47 Å². The highest BCUT2D eigenvalue weighted by molar-refractivity contribution is 5.77. The van der Waals surface area contributed by atoms with Crippen LogP contribution in [0.5, 0.6) is 0 Å². The third-order valence-corrected chi connectivity index (χ3v) is 10.6. The SMILES string of the molecule is CC(C)C1C(OC(=O)CCC(=O)OC2CCCC(CC(C)(C)C)(CC(C)(C)C)C2C(C)C)CCCC1(CC(C)(C)C)CC(C)(C)C. The summed E-state index contributed by atoms with van der Waals surface area (Å²) >= 11 is 0. The molecule has 2 aliphatic rings. The van der Waals surface area contributed by atoms with Crippen molar-refractivity contribution < 1.29 is 19.1 Å². The van der Waals surface area contributed by atoms with Crippen LogP contribution in [0, 0.1) is 56.2 Å². The molecule has 0 spiro atoms. The van der Waals surface area contributed by atoms with Crippen LogP contribution in [0.1, 0.15) is 188 Å². The molecule has 2 aliphatic carbocycles. The molecule has 0 amide bonds. The van der Waals surface area contributed by atoms with Crippen molar-refractivity contribution in [1.29, 1.82) is 0 Å². The summed E-state index contributed by atoms with van der Waals surface area (Å²) in [5.74, 6) is 0.955. The second kappa shape index (κ2) is 15.2. The molecule has 270 valence electrons. The van der Waals surface area contributed by atoms with Crippen molar-refractivity contribution in [3.8, 4) is 0 Å². The van der Waals surface area contributed by atoms with Crippen LogP contribution in [0.3, 0.4) is 0 Å². The van der Waals surface area contributed by atoms with E-state index in [-0.39, 0.29) is 69.5 Å². The molecule has 0 aromatic carbocycles. The van der Waals surface area contributed by atoms with E-state index in [9.17, 15) is 9.59 Å². The first kappa shape index (κ1) is 41.1. The van der Waals surface area contributed by atoms with E-state index in [0.717, 1.165) is 51.4 Å². The van der Waals surface area contributed by atoms with Gasteiger partial charge in [0.15, 0.2) is 0 Å². The third-order valence-electron chi connectivity index (χ3n) is 10.6. The van der Waals surface area contributed by atoms with E-state index in [1.807, 2.05) is 0 Å². The number of carbonyl (C=O) groups is 2. The maximum Gasteiger partial charge on any atom is 0.306 e. The van der Waals surface area contributed by atoms with Gasteiger partial charge >= 0.3 is 11.9 Å². The van der Waals surface area contributed by atoms with Gasteiger partial charge in [-0.1, -0.05) is 111 Å². The molecule has 46 heavy (non-hydrogen) atoms. The number of carbonyl (C=O) groups excluding carboxylic acids is 2. The Morgan fingerprint density at radius 1 is 0.543 bits per heavy atom. The fraction of sp³-hybridized carbons (Fsp3) is 0.952. The van der Waals surface area contributed by atoms with Gasteiger partial charge in [-0.15, -0.1) is 0 Å². The Labute approximate surface area is 286 Å². The van der Waals surface area contributed by atoms with Gasteiger partial charge in [-0.3, -0.25) is 9.59 Å².